The number of hydrogen-bond acceptors (Lipinski definition) is 4. The molecule has 1 aliphatic rings. The Bertz CT molecular complexity index is 199. The maximum atomic E-state index is 11.7. The first kappa shape index (κ1) is 12.4. The summed E-state index contributed by atoms with van der Waals surface area (Å²) >= 11 is 0. The topological polar surface area (TPSA) is 59.6 Å². The summed E-state index contributed by atoms with van der Waals surface area (Å²) in [6.45, 7) is 2.48. The van der Waals surface area contributed by atoms with Gasteiger partial charge in [0.2, 0.25) is 5.91 Å². The Morgan fingerprint density at radius 1 is 1.53 bits per heavy atom. The van der Waals surface area contributed by atoms with Crippen LogP contribution < -0.4 is 10.6 Å². The van der Waals surface area contributed by atoms with E-state index in [1.165, 1.54) is 0 Å². The number of carbonyl (C=O) groups is 1. The van der Waals surface area contributed by atoms with E-state index in [0.29, 0.717) is 26.4 Å². The third kappa shape index (κ3) is 3.77. The van der Waals surface area contributed by atoms with Gasteiger partial charge in [0, 0.05) is 26.3 Å². The molecule has 15 heavy (non-hydrogen) atoms. The van der Waals surface area contributed by atoms with Gasteiger partial charge in [0.05, 0.1) is 19.1 Å². The standard InChI is InChI=1S/C10H20N2O3/c1-11-9-7-15-6-8(9)10(13)12-4-3-5-14-2/h8-9,11H,3-7H2,1-2H3,(H,12,13). The van der Waals surface area contributed by atoms with Gasteiger partial charge >= 0.3 is 0 Å². The number of ether oxygens (including phenoxy) is 2. The fourth-order valence-electron chi connectivity index (χ4n) is 1.66. The minimum absolute atomic E-state index is 0.0578. The van der Waals surface area contributed by atoms with E-state index < -0.39 is 0 Å². The lowest BCUT2D eigenvalue weighted by Crippen LogP contribution is -2.42. The molecule has 1 saturated heterocycles. The lowest BCUT2D eigenvalue weighted by Gasteiger charge is -2.16. The smallest absolute Gasteiger partial charge is 0.227 e. The van der Waals surface area contributed by atoms with Crippen LogP contribution in [-0.4, -0.2) is 52.5 Å². The fourth-order valence-corrected chi connectivity index (χ4v) is 1.66. The van der Waals surface area contributed by atoms with E-state index in [1.807, 2.05) is 7.05 Å². The molecule has 1 amide bonds. The number of rotatable bonds is 6. The lowest BCUT2D eigenvalue weighted by atomic mass is 10.0. The highest BCUT2D eigenvalue weighted by Crippen LogP contribution is 2.13. The summed E-state index contributed by atoms with van der Waals surface area (Å²) in [6.07, 6.45) is 0.847. The van der Waals surface area contributed by atoms with Gasteiger partial charge in [0.25, 0.3) is 0 Å². The molecule has 0 aliphatic carbocycles. The number of hydrogen-bond donors (Lipinski definition) is 2. The summed E-state index contributed by atoms with van der Waals surface area (Å²) in [6, 6.07) is 0.146. The van der Waals surface area contributed by atoms with Crippen LogP contribution in [0.25, 0.3) is 0 Å². The van der Waals surface area contributed by atoms with Crippen LogP contribution in [-0.2, 0) is 14.3 Å². The van der Waals surface area contributed by atoms with Crippen LogP contribution in [0.5, 0.6) is 0 Å². The normalized spacial score (nSPS) is 25.5. The molecule has 2 unspecified atom stereocenters. The van der Waals surface area contributed by atoms with Gasteiger partial charge in [-0.1, -0.05) is 0 Å². The Hall–Kier alpha value is -0.650. The first-order chi connectivity index (χ1) is 7.29. The van der Waals surface area contributed by atoms with Gasteiger partial charge in [-0.3, -0.25) is 4.79 Å². The molecule has 1 heterocycles. The van der Waals surface area contributed by atoms with Crippen molar-refractivity contribution in [1.82, 2.24) is 10.6 Å². The largest absolute Gasteiger partial charge is 0.385 e. The molecule has 88 valence electrons. The number of amides is 1. The lowest BCUT2D eigenvalue weighted by molar-refractivity contribution is -0.125. The average molecular weight is 216 g/mol. The van der Waals surface area contributed by atoms with Crippen LogP contribution in [0.15, 0.2) is 0 Å². The van der Waals surface area contributed by atoms with Crippen molar-refractivity contribution in [2.24, 2.45) is 5.92 Å². The highest BCUT2D eigenvalue weighted by Gasteiger charge is 2.32. The zero-order valence-electron chi connectivity index (χ0n) is 9.41. The SMILES string of the molecule is CNC1COCC1C(=O)NCCCOC. The maximum Gasteiger partial charge on any atom is 0.227 e. The molecule has 0 aromatic heterocycles. The molecule has 0 aromatic rings. The minimum atomic E-state index is -0.0578. The van der Waals surface area contributed by atoms with Gasteiger partial charge < -0.3 is 20.1 Å². The van der Waals surface area contributed by atoms with E-state index in [0.717, 1.165) is 6.42 Å². The first-order valence-electron chi connectivity index (χ1n) is 5.31. The second-order valence-electron chi connectivity index (χ2n) is 3.68. The summed E-state index contributed by atoms with van der Waals surface area (Å²) in [7, 11) is 3.51. The van der Waals surface area contributed by atoms with Crippen molar-refractivity contribution < 1.29 is 14.3 Å². The molecule has 0 radical (unpaired) electrons. The molecule has 0 bridgehead atoms. The Morgan fingerprint density at radius 2 is 2.33 bits per heavy atom. The predicted molar refractivity (Wildman–Crippen MR) is 56.7 cm³/mol. The first-order valence-corrected chi connectivity index (χ1v) is 5.31. The number of nitrogens with one attached hydrogen (secondary N) is 2. The Morgan fingerprint density at radius 3 is 3.00 bits per heavy atom. The summed E-state index contributed by atoms with van der Waals surface area (Å²) < 4.78 is 10.2. The van der Waals surface area contributed by atoms with Crippen LogP contribution in [0.3, 0.4) is 0 Å². The molecule has 5 heteroatoms. The summed E-state index contributed by atoms with van der Waals surface area (Å²) in [5.41, 5.74) is 0. The molecule has 2 N–H and O–H groups in total. The van der Waals surface area contributed by atoms with Gasteiger partial charge in [0.15, 0.2) is 0 Å². The number of likely N-dealkylation sites (N-methyl/N-ethyl adjacent to an activating group) is 1. The van der Waals surface area contributed by atoms with Crippen LogP contribution in [0.1, 0.15) is 6.42 Å². The Labute approximate surface area is 90.5 Å². The molecule has 2 atom stereocenters. The summed E-state index contributed by atoms with van der Waals surface area (Å²) in [5.74, 6) is 0.0143. The predicted octanol–water partition coefficient (Wildman–Crippen LogP) is -0.626. The van der Waals surface area contributed by atoms with E-state index >= 15 is 0 Å². The second kappa shape index (κ2) is 6.76. The zero-order chi connectivity index (χ0) is 11.1. The van der Waals surface area contributed by atoms with Crippen LogP contribution >= 0.6 is 0 Å². The highest BCUT2D eigenvalue weighted by molar-refractivity contribution is 5.79. The molecular formula is C10H20N2O3. The number of carbonyl (C=O) groups excluding carboxylic acids is 1. The van der Waals surface area contributed by atoms with E-state index in [4.69, 9.17) is 9.47 Å². The van der Waals surface area contributed by atoms with Crippen molar-refractivity contribution >= 4 is 5.91 Å². The quantitative estimate of drug-likeness (QED) is 0.581. The zero-order valence-corrected chi connectivity index (χ0v) is 9.41. The molecule has 5 nitrogen and oxygen atoms in total. The molecular weight excluding hydrogens is 196 g/mol. The van der Waals surface area contributed by atoms with Gasteiger partial charge in [-0.05, 0) is 13.5 Å². The number of methoxy groups -OCH3 is 1. The third-order valence-electron chi connectivity index (χ3n) is 2.61. The second-order valence-corrected chi connectivity index (χ2v) is 3.68. The van der Waals surface area contributed by atoms with Crippen LogP contribution in [0.4, 0.5) is 0 Å². The van der Waals surface area contributed by atoms with E-state index in [2.05, 4.69) is 10.6 Å². The van der Waals surface area contributed by atoms with E-state index in [-0.39, 0.29) is 17.9 Å². The van der Waals surface area contributed by atoms with Crippen molar-refractivity contribution in [3.05, 3.63) is 0 Å². The highest BCUT2D eigenvalue weighted by atomic mass is 16.5. The van der Waals surface area contributed by atoms with Crippen LogP contribution in [0.2, 0.25) is 0 Å². The Kier molecular flexibility index (Phi) is 5.60. The van der Waals surface area contributed by atoms with Crippen molar-refractivity contribution in [2.75, 3.05) is 40.5 Å². The van der Waals surface area contributed by atoms with Gasteiger partial charge in [-0.2, -0.15) is 0 Å². The molecule has 1 fully saturated rings. The fraction of sp³-hybridized carbons (Fsp3) is 0.900. The molecule has 0 aromatic carbocycles. The van der Waals surface area contributed by atoms with Gasteiger partial charge in [-0.15, -0.1) is 0 Å². The monoisotopic (exact) mass is 216 g/mol. The maximum absolute atomic E-state index is 11.7. The summed E-state index contributed by atoms with van der Waals surface area (Å²) in [5, 5.41) is 5.97. The average Bonchev–Trinajstić information content (AvgIpc) is 2.72. The van der Waals surface area contributed by atoms with Crippen molar-refractivity contribution in [3.8, 4) is 0 Å². The van der Waals surface area contributed by atoms with Crippen LogP contribution in [0, 0.1) is 5.92 Å². The summed E-state index contributed by atoms with van der Waals surface area (Å²) in [4.78, 5) is 11.7. The van der Waals surface area contributed by atoms with E-state index in [1.54, 1.807) is 7.11 Å². The third-order valence-corrected chi connectivity index (χ3v) is 2.61. The van der Waals surface area contributed by atoms with E-state index in [9.17, 15) is 4.79 Å². The minimum Gasteiger partial charge on any atom is -0.385 e. The van der Waals surface area contributed by atoms with Gasteiger partial charge in [0.1, 0.15) is 0 Å². The van der Waals surface area contributed by atoms with Crippen molar-refractivity contribution in [1.29, 1.82) is 0 Å². The molecule has 0 spiro atoms. The molecule has 0 saturated carbocycles. The van der Waals surface area contributed by atoms with Gasteiger partial charge in [-0.25, -0.2) is 0 Å². The molecule has 1 aliphatic heterocycles. The molecule has 1 rings (SSSR count). The van der Waals surface area contributed by atoms with Crippen molar-refractivity contribution in [3.63, 3.8) is 0 Å². The Balaban J connectivity index is 2.21. The van der Waals surface area contributed by atoms with Crippen molar-refractivity contribution in [2.45, 2.75) is 12.5 Å².